The zero-order valence-corrected chi connectivity index (χ0v) is 17.6. The van der Waals surface area contributed by atoms with Crippen LogP contribution in [0.4, 0.5) is 11.4 Å². The molecule has 4 aromatic carbocycles. The summed E-state index contributed by atoms with van der Waals surface area (Å²) in [6, 6.07) is 28.0. The molecule has 0 amide bonds. The van der Waals surface area contributed by atoms with E-state index in [0.717, 1.165) is 22.3 Å². The van der Waals surface area contributed by atoms with E-state index >= 15 is 0 Å². The van der Waals surface area contributed by atoms with E-state index in [1.807, 2.05) is 48.5 Å². The Hall–Kier alpha value is -4.36. The minimum Gasteiger partial charge on any atom is -0.372 e. The Morgan fingerprint density at radius 2 is 0.848 bits per heavy atom. The third-order valence-corrected chi connectivity index (χ3v) is 5.33. The molecule has 0 radical (unpaired) electrons. The molecule has 0 saturated heterocycles. The maximum Gasteiger partial charge on any atom is 0.277 e. The molecule has 0 heterocycles. The van der Waals surface area contributed by atoms with Gasteiger partial charge >= 0.3 is 0 Å². The lowest BCUT2D eigenvalue weighted by Gasteiger charge is -2.13. The van der Waals surface area contributed by atoms with Crippen molar-refractivity contribution in [2.75, 3.05) is 0 Å². The maximum atomic E-state index is 11.5. The van der Waals surface area contributed by atoms with Crippen LogP contribution >= 0.6 is 0 Å². The Bertz CT molecular complexity index is 1220. The van der Waals surface area contributed by atoms with E-state index in [4.69, 9.17) is 4.74 Å². The Balaban J connectivity index is 1.59. The molecule has 0 spiro atoms. The molecule has 7 heteroatoms. The van der Waals surface area contributed by atoms with Crippen molar-refractivity contribution in [3.63, 3.8) is 0 Å². The van der Waals surface area contributed by atoms with Crippen molar-refractivity contribution in [3.05, 3.63) is 128 Å². The van der Waals surface area contributed by atoms with E-state index in [-0.39, 0.29) is 24.6 Å². The summed E-state index contributed by atoms with van der Waals surface area (Å²) in [7, 11) is 0. The Kier molecular flexibility index (Phi) is 6.52. The number of ether oxygens (including phenoxy) is 1. The van der Waals surface area contributed by atoms with Crippen molar-refractivity contribution >= 4 is 11.4 Å². The van der Waals surface area contributed by atoms with Gasteiger partial charge in [-0.1, -0.05) is 72.8 Å². The van der Waals surface area contributed by atoms with Crippen molar-refractivity contribution in [2.24, 2.45) is 0 Å². The van der Waals surface area contributed by atoms with Crippen LogP contribution in [-0.2, 0) is 18.0 Å². The van der Waals surface area contributed by atoms with Crippen LogP contribution < -0.4 is 0 Å². The van der Waals surface area contributed by atoms with Crippen molar-refractivity contribution in [1.29, 1.82) is 0 Å². The van der Waals surface area contributed by atoms with E-state index in [0.29, 0.717) is 11.1 Å². The van der Waals surface area contributed by atoms with Crippen molar-refractivity contribution < 1.29 is 14.6 Å². The van der Waals surface area contributed by atoms with E-state index < -0.39 is 9.85 Å². The standard InChI is InChI=1S/C26H20N2O5/c29-27(30)25-15-7-5-13-23(25)21-11-3-1-9-19(21)17-33-18-20-10-2-4-12-22(20)24-14-6-8-16-26(24)28(31)32/h1-16H,17-18H2. The van der Waals surface area contributed by atoms with Crippen LogP contribution in [0.5, 0.6) is 0 Å². The molecular weight excluding hydrogens is 420 g/mol. The summed E-state index contributed by atoms with van der Waals surface area (Å²) in [6.45, 7) is 0.459. The minimum absolute atomic E-state index is 0.0340. The Morgan fingerprint density at radius 3 is 1.24 bits per heavy atom. The largest absolute Gasteiger partial charge is 0.372 e. The first-order valence-corrected chi connectivity index (χ1v) is 10.3. The SMILES string of the molecule is O=[N+]([O-])c1ccccc1-c1ccccc1COCc1ccccc1-c1ccccc1[N+](=O)[O-]. The summed E-state index contributed by atoms with van der Waals surface area (Å²) < 4.78 is 5.99. The molecule has 0 atom stereocenters. The fourth-order valence-electron chi connectivity index (χ4n) is 3.81. The predicted molar refractivity (Wildman–Crippen MR) is 126 cm³/mol. The molecular formula is C26H20N2O5. The van der Waals surface area contributed by atoms with Crippen LogP contribution in [0.2, 0.25) is 0 Å². The molecule has 0 aliphatic rings. The van der Waals surface area contributed by atoms with Crippen LogP contribution in [0.25, 0.3) is 22.3 Å². The molecule has 0 aromatic heterocycles. The average Bonchev–Trinajstić information content (AvgIpc) is 2.84. The lowest BCUT2D eigenvalue weighted by Crippen LogP contribution is -2.00. The van der Waals surface area contributed by atoms with Gasteiger partial charge in [0.2, 0.25) is 0 Å². The highest BCUT2D eigenvalue weighted by Crippen LogP contribution is 2.34. The fourth-order valence-corrected chi connectivity index (χ4v) is 3.81. The number of benzene rings is 4. The lowest BCUT2D eigenvalue weighted by molar-refractivity contribution is -0.384. The number of hydrogen-bond acceptors (Lipinski definition) is 5. The zero-order valence-electron chi connectivity index (χ0n) is 17.6. The van der Waals surface area contributed by atoms with Gasteiger partial charge in [-0.15, -0.1) is 0 Å². The summed E-state index contributed by atoms with van der Waals surface area (Å²) in [6.07, 6.45) is 0. The molecule has 0 unspecified atom stereocenters. The molecule has 4 aromatic rings. The monoisotopic (exact) mass is 440 g/mol. The highest BCUT2D eigenvalue weighted by molar-refractivity contribution is 5.77. The third kappa shape index (κ3) is 4.78. The summed E-state index contributed by atoms with van der Waals surface area (Å²) in [5.74, 6) is 0. The highest BCUT2D eigenvalue weighted by atomic mass is 16.6. The van der Waals surface area contributed by atoms with Gasteiger partial charge in [-0.05, 0) is 34.4 Å². The molecule has 0 N–H and O–H groups in total. The summed E-state index contributed by atoms with van der Waals surface area (Å²) in [5, 5.41) is 23.0. The van der Waals surface area contributed by atoms with Crippen LogP contribution in [0.15, 0.2) is 97.1 Å². The second kappa shape index (κ2) is 9.84. The molecule has 0 fully saturated rings. The lowest BCUT2D eigenvalue weighted by atomic mass is 9.98. The Labute approximate surface area is 190 Å². The smallest absolute Gasteiger partial charge is 0.277 e. The van der Waals surface area contributed by atoms with Crippen LogP contribution in [0.1, 0.15) is 11.1 Å². The molecule has 0 bridgehead atoms. The molecule has 7 nitrogen and oxygen atoms in total. The van der Waals surface area contributed by atoms with Gasteiger partial charge in [0.15, 0.2) is 0 Å². The number of nitrogens with zero attached hydrogens (tertiary/aromatic N) is 2. The normalized spacial score (nSPS) is 10.7. The average molecular weight is 440 g/mol. The van der Waals surface area contributed by atoms with E-state index in [1.165, 1.54) is 12.1 Å². The number of hydrogen-bond donors (Lipinski definition) is 0. The first-order valence-electron chi connectivity index (χ1n) is 10.3. The summed E-state index contributed by atoms with van der Waals surface area (Å²) in [5.41, 5.74) is 4.22. The number of rotatable bonds is 8. The number of nitro groups is 2. The van der Waals surface area contributed by atoms with Gasteiger partial charge in [-0.2, -0.15) is 0 Å². The zero-order chi connectivity index (χ0) is 23.2. The van der Waals surface area contributed by atoms with Crippen LogP contribution in [0, 0.1) is 20.2 Å². The first kappa shape index (κ1) is 21.9. The van der Waals surface area contributed by atoms with Crippen molar-refractivity contribution in [2.45, 2.75) is 13.2 Å². The second-order valence-electron chi connectivity index (χ2n) is 7.36. The highest BCUT2D eigenvalue weighted by Gasteiger charge is 2.18. The van der Waals surface area contributed by atoms with Crippen LogP contribution in [-0.4, -0.2) is 9.85 Å². The maximum absolute atomic E-state index is 11.5. The predicted octanol–water partition coefficient (Wildman–Crippen LogP) is 6.55. The van der Waals surface area contributed by atoms with Gasteiger partial charge in [0.25, 0.3) is 11.4 Å². The minimum atomic E-state index is -0.393. The van der Waals surface area contributed by atoms with E-state index in [9.17, 15) is 20.2 Å². The Morgan fingerprint density at radius 1 is 0.515 bits per heavy atom. The van der Waals surface area contributed by atoms with Crippen LogP contribution in [0.3, 0.4) is 0 Å². The topological polar surface area (TPSA) is 95.5 Å². The van der Waals surface area contributed by atoms with Gasteiger partial charge in [-0.3, -0.25) is 20.2 Å². The number of para-hydroxylation sites is 2. The molecule has 4 rings (SSSR count). The summed E-state index contributed by atoms with van der Waals surface area (Å²) >= 11 is 0. The summed E-state index contributed by atoms with van der Waals surface area (Å²) in [4.78, 5) is 22.2. The third-order valence-electron chi connectivity index (χ3n) is 5.33. The molecule has 164 valence electrons. The number of nitro benzene ring substituents is 2. The van der Waals surface area contributed by atoms with Gasteiger partial charge in [0.1, 0.15) is 0 Å². The first-order chi connectivity index (χ1) is 16.1. The fraction of sp³-hybridized carbons (Fsp3) is 0.0769. The van der Waals surface area contributed by atoms with Gasteiger partial charge < -0.3 is 4.74 Å². The van der Waals surface area contributed by atoms with Gasteiger partial charge in [0, 0.05) is 12.1 Å². The quantitative estimate of drug-likeness (QED) is 0.228. The second-order valence-corrected chi connectivity index (χ2v) is 7.36. The molecule has 0 saturated carbocycles. The van der Waals surface area contributed by atoms with Crippen molar-refractivity contribution in [1.82, 2.24) is 0 Å². The van der Waals surface area contributed by atoms with Crippen molar-refractivity contribution in [3.8, 4) is 22.3 Å². The molecule has 33 heavy (non-hydrogen) atoms. The molecule has 0 aliphatic carbocycles. The van der Waals surface area contributed by atoms with E-state index in [2.05, 4.69) is 0 Å². The van der Waals surface area contributed by atoms with Gasteiger partial charge in [0.05, 0.1) is 34.2 Å². The van der Waals surface area contributed by atoms with E-state index in [1.54, 1.807) is 36.4 Å². The molecule has 0 aliphatic heterocycles. The van der Waals surface area contributed by atoms with Gasteiger partial charge in [-0.25, -0.2) is 0 Å².